The fourth-order valence-electron chi connectivity index (χ4n) is 4.28. The highest BCUT2D eigenvalue weighted by molar-refractivity contribution is 7.92. The second-order valence-electron chi connectivity index (χ2n) is 8.03. The molecule has 3 aromatic heterocycles. The smallest absolute Gasteiger partial charge is 0.263 e. The summed E-state index contributed by atoms with van der Waals surface area (Å²) in [5.74, 6) is -2.57. The van der Waals surface area contributed by atoms with Crippen LogP contribution in [0.4, 0.5) is 18.9 Å². The molecule has 4 aromatic rings. The summed E-state index contributed by atoms with van der Waals surface area (Å²) in [5, 5.41) is 0. The van der Waals surface area contributed by atoms with Crippen molar-refractivity contribution in [2.75, 3.05) is 4.72 Å². The summed E-state index contributed by atoms with van der Waals surface area (Å²) in [6, 6.07) is 2.82. The standard InChI is InChI=1S/C22H19F3N6O2S/c1-12-18(8-14(23)9-28-12)34(32,33)30-16-4-3-15(24)19(20(16)25)13-2-5-17-21(22-26-6-7-27-22)29-11-31(17)10-13/h3-4,6-9,11,13,30H,2,5,10H2,1H3,(H,26,27)/t13-/m1/s1. The highest BCUT2D eigenvalue weighted by Gasteiger charge is 2.30. The van der Waals surface area contributed by atoms with E-state index in [1.54, 1.807) is 18.7 Å². The van der Waals surface area contributed by atoms with Gasteiger partial charge in [0.25, 0.3) is 10.0 Å². The summed E-state index contributed by atoms with van der Waals surface area (Å²) in [7, 11) is -4.36. The first-order valence-corrected chi connectivity index (χ1v) is 11.9. The maximum atomic E-state index is 15.5. The summed E-state index contributed by atoms with van der Waals surface area (Å²) in [6.45, 7) is 1.65. The van der Waals surface area contributed by atoms with Gasteiger partial charge < -0.3 is 9.55 Å². The van der Waals surface area contributed by atoms with Gasteiger partial charge in [0.05, 0.1) is 23.9 Å². The number of fused-ring (bicyclic) bond motifs is 1. The Balaban J connectivity index is 1.46. The van der Waals surface area contributed by atoms with E-state index in [1.807, 2.05) is 4.57 Å². The number of aryl methyl sites for hydroxylation is 1. The quantitative estimate of drug-likeness (QED) is 0.443. The zero-order chi connectivity index (χ0) is 24.0. The zero-order valence-electron chi connectivity index (χ0n) is 17.9. The van der Waals surface area contributed by atoms with Crippen molar-refractivity contribution in [3.63, 3.8) is 0 Å². The van der Waals surface area contributed by atoms with Crippen molar-refractivity contribution in [3.8, 4) is 11.5 Å². The first kappa shape index (κ1) is 22.1. The number of nitrogens with one attached hydrogen (secondary N) is 2. The molecule has 176 valence electrons. The number of hydrogen-bond acceptors (Lipinski definition) is 5. The average Bonchev–Trinajstić information content (AvgIpc) is 3.47. The summed E-state index contributed by atoms with van der Waals surface area (Å²) in [4.78, 5) is 14.9. The number of anilines is 1. The summed E-state index contributed by atoms with van der Waals surface area (Å²) in [5.41, 5.74) is 0.993. The fraction of sp³-hybridized carbons (Fsp3) is 0.227. The SMILES string of the molecule is Cc1ncc(F)cc1S(=O)(=O)Nc1ccc(F)c([C@@H]2CCc3c(-c4ncc[nH]4)ncn3C2)c1F. The van der Waals surface area contributed by atoms with Crippen LogP contribution in [0.1, 0.15) is 29.3 Å². The number of pyridine rings is 1. The molecule has 0 saturated carbocycles. The highest BCUT2D eigenvalue weighted by atomic mass is 32.2. The number of rotatable bonds is 5. The Bertz CT molecular complexity index is 1480. The molecule has 12 heteroatoms. The molecule has 0 spiro atoms. The Morgan fingerprint density at radius 3 is 2.76 bits per heavy atom. The van der Waals surface area contributed by atoms with Crippen molar-refractivity contribution in [1.82, 2.24) is 24.5 Å². The number of halogens is 3. The Kier molecular flexibility index (Phi) is 5.39. The lowest BCUT2D eigenvalue weighted by molar-refractivity contribution is 0.427. The predicted octanol–water partition coefficient (Wildman–Crippen LogP) is 3.92. The minimum Gasteiger partial charge on any atom is -0.343 e. The number of aromatic nitrogens is 5. The lowest BCUT2D eigenvalue weighted by Gasteiger charge is -2.26. The molecule has 1 aliphatic rings. The van der Waals surface area contributed by atoms with Gasteiger partial charge in [0.1, 0.15) is 22.2 Å². The number of sulfonamides is 1. The van der Waals surface area contributed by atoms with E-state index in [0.717, 1.165) is 30.1 Å². The molecule has 1 atom stereocenters. The number of aromatic amines is 1. The van der Waals surface area contributed by atoms with Crippen LogP contribution in [0, 0.1) is 24.4 Å². The van der Waals surface area contributed by atoms with Crippen LogP contribution in [0.3, 0.4) is 0 Å². The van der Waals surface area contributed by atoms with Crippen molar-refractivity contribution in [3.05, 3.63) is 77.5 Å². The van der Waals surface area contributed by atoms with E-state index in [2.05, 4.69) is 24.7 Å². The van der Waals surface area contributed by atoms with Crippen LogP contribution in [0.15, 0.2) is 48.0 Å². The first-order chi connectivity index (χ1) is 16.2. The van der Waals surface area contributed by atoms with Crippen LogP contribution < -0.4 is 4.72 Å². The molecule has 0 aliphatic carbocycles. The van der Waals surface area contributed by atoms with Gasteiger partial charge in [0.15, 0.2) is 11.6 Å². The Labute approximate surface area is 193 Å². The van der Waals surface area contributed by atoms with Gasteiger partial charge in [-0.3, -0.25) is 9.71 Å². The van der Waals surface area contributed by atoms with Crippen molar-refractivity contribution >= 4 is 15.7 Å². The molecule has 4 heterocycles. The van der Waals surface area contributed by atoms with Crippen LogP contribution in [0.25, 0.3) is 11.5 Å². The van der Waals surface area contributed by atoms with Gasteiger partial charge in [0.2, 0.25) is 0 Å². The molecule has 2 N–H and O–H groups in total. The third-order valence-electron chi connectivity index (χ3n) is 5.89. The minimum atomic E-state index is -4.36. The predicted molar refractivity (Wildman–Crippen MR) is 117 cm³/mol. The summed E-state index contributed by atoms with van der Waals surface area (Å²) in [6.07, 6.45) is 6.72. The van der Waals surface area contributed by atoms with Crippen molar-refractivity contribution in [2.45, 2.75) is 37.1 Å². The van der Waals surface area contributed by atoms with Gasteiger partial charge in [-0.15, -0.1) is 0 Å². The molecule has 0 saturated heterocycles. The van der Waals surface area contributed by atoms with Crippen LogP contribution in [-0.2, 0) is 23.0 Å². The van der Waals surface area contributed by atoms with Gasteiger partial charge in [-0.25, -0.2) is 31.6 Å². The van der Waals surface area contributed by atoms with Crippen molar-refractivity contribution in [1.29, 1.82) is 0 Å². The van der Waals surface area contributed by atoms with E-state index in [-0.39, 0.29) is 17.8 Å². The van der Waals surface area contributed by atoms with E-state index in [4.69, 9.17) is 0 Å². The molecule has 0 fully saturated rings. The molecule has 34 heavy (non-hydrogen) atoms. The lowest BCUT2D eigenvalue weighted by atomic mass is 9.89. The van der Waals surface area contributed by atoms with Gasteiger partial charge in [-0.2, -0.15) is 0 Å². The molecular weight excluding hydrogens is 469 g/mol. The van der Waals surface area contributed by atoms with E-state index in [9.17, 15) is 17.2 Å². The Morgan fingerprint density at radius 2 is 2.00 bits per heavy atom. The third-order valence-corrected chi connectivity index (χ3v) is 7.37. The molecule has 5 rings (SSSR count). The average molecular weight is 488 g/mol. The van der Waals surface area contributed by atoms with Gasteiger partial charge in [0, 0.05) is 36.1 Å². The number of imidazole rings is 2. The monoisotopic (exact) mass is 488 g/mol. The van der Waals surface area contributed by atoms with Gasteiger partial charge in [-0.05, 0) is 38.0 Å². The molecular formula is C22H19F3N6O2S. The second kappa shape index (κ2) is 8.28. The fourth-order valence-corrected chi connectivity index (χ4v) is 5.54. The normalized spacial score (nSPS) is 15.8. The van der Waals surface area contributed by atoms with E-state index in [0.29, 0.717) is 24.4 Å². The van der Waals surface area contributed by atoms with Gasteiger partial charge in [-0.1, -0.05) is 0 Å². The van der Waals surface area contributed by atoms with E-state index >= 15 is 4.39 Å². The van der Waals surface area contributed by atoms with Crippen LogP contribution >= 0.6 is 0 Å². The largest absolute Gasteiger partial charge is 0.343 e. The number of hydrogen-bond donors (Lipinski definition) is 2. The number of nitrogens with zero attached hydrogens (tertiary/aromatic N) is 4. The van der Waals surface area contributed by atoms with E-state index < -0.39 is 44.0 Å². The molecule has 0 radical (unpaired) electrons. The van der Waals surface area contributed by atoms with Gasteiger partial charge >= 0.3 is 0 Å². The molecule has 1 aromatic carbocycles. The summed E-state index contributed by atoms with van der Waals surface area (Å²) >= 11 is 0. The second-order valence-corrected chi connectivity index (χ2v) is 9.68. The highest BCUT2D eigenvalue weighted by Crippen LogP contribution is 2.37. The lowest BCUT2D eigenvalue weighted by Crippen LogP contribution is -2.22. The maximum Gasteiger partial charge on any atom is 0.263 e. The minimum absolute atomic E-state index is 0.0453. The first-order valence-electron chi connectivity index (χ1n) is 10.4. The molecule has 0 unspecified atom stereocenters. The topological polar surface area (TPSA) is 106 Å². The van der Waals surface area contributed by atoms with Crippen molar-refractivity contribution < 1.29 is 21.6 Å². The number of benzene rings is 1. The molecule has 1 aliphatic heterocycles. The molecule has 0 amide bonds. The van der Waals surface area contributed by atoms with Crippen LogP contribution in [0.2, 0.25) is 0 Å². The number of H-pyrrole nitrogens is 1. The Morgan fingerprint density at radius 1 is 1.18 bits per heavy atom. The third kappa shape index (κ3) is 3.83. The molecule has 8 nitrogen and oxygen atoms in total. The van der Waals surface area contributed by atoms with Crippen LogP contribution in [0.5, 0.6) is 0 Å². The van der Waals surface area contributed by atoms with E-state index in [1.165, 1.54) is 6.92 Å². The van der Waals surface area contributed by atoms with Crippen molar-refractivity contribution in [2.24, 2.45) is 0 Å². The Hall–Kier alpha value is -3.67. The molecule has 0 bridgehead atoms. The maximum absolute atomic E-state index is 15.5. The zero-order valence-corrected chi connectivity index (χ0v) is 18.7. The van der Waals surface area contributed by atoms with Crippen LogP contribution in [-0.4, -0.2) is 32.9 Å². The summed E-state index contributed by atoms with van der Waals surface area (Å²) < 4.78 is 73.3.